The van der Waals surface area contributed by atoms with E-state index < -0.39 is 20.0 Å². The Morgan fingerprint density at radius 1 is 1.04 bits per heavy atom. The Kier molecular flexibility index (Phi) is 4.53. The molecule has 0 aliphatic heterocycles. The van der Waals surface area contributed by atoms with Crippen molar-refractivity contribution in [1.29, 1.82) is 0 Å². The van der Waals surface area contributed by atoms with E-state index in [-0.39, 0.29) is 20.8 Å². The van der Waals surface area contributed by atoms with Crippen LogP contribution in [0.1, 0.15) is 12.8 Å². The normalized spacial score (nSPS) is 15.5. The third-order valence-corrected chi connectivity index (χ3v) is 8.12. The minimum Gasteiger partial charge on any atom is -0.279 e. The van der Waals surface area contributed by atoms with Gasteiger partial charge in [-0.15, -0.1) is 11.3 Å². The van der Waals surface area contributed by atoms with Crippen LogP contribution in [0.3, 0.4) is 0 Å². The highest BCUT2D eigenvalue weighted by atomic mass is 79.9. The lowest BCUT2D eigenvalue weighted by molar-refractivity contribution is 0.581. The Morgan fingerprint density at radius 2 is 1.78 bits per heavy atom. The van der Waals surface area contributed by atoms with Crippen molar-refractivity contribution in [2.75, 3.05) is 4.72 Å². The zero-order chi connectivity index (χ0) is 16.7. The summed E-state index contributed by atoms with van der Waals surface area (Å²) in [4.78, 5) is 0.0389. The molecule has 1 heterocycles. The molecule has 0 amide bonds. The molecular formula is C13H13BrN2O4S3. The van der Waals surface area contributed by atoms with Gasteiger partial charge in [0.2, 0.25) is 10.0 Å². The number of halogens is 1. The zero-order valence-corrected chi connectivity index (χ0v) is 15.7. The van der Waals surface area contributed by atoms with Crippen LogP contribution >= 0.6 is 27.3 Å². The van der Waals surface area contributed by atoms with Gasteiger partial charge in [0.05, 0.1) is 14.4 Å². The van der Waals surface area contributed by atoms with Gasteiger partial charge in [0, 0.05) is 6.04 Å². The Balaban J connectivity index is 1.85. The van der Waals surface area contributed by atoms with E-state index >= 15 is 0 Å². The molecule has 1 saturated carbocycles. The van der Waals surface area contributed by atoms with Gasteiger partial charge in [0.25, 0.3) is 10.0 Å². The number of hydrogen-bond donors (Lipinski definition) is 2. The van der Waals surface area contributed by atoms with E-state index in [0.29, 0.717) is 3.79 Å². The minimum atomic E-state index is -3.74. The highest BCUT2D eigenvalue weighted by Crippen LogP contribution is 2.28. The molecule has 2 aromatic rings. The average Bonchev–Trinajstić information content (AvgIpc) is 3.15. The molecule has 23 heavy (non-hydrogen) atoms. The topological polar surface area (TPSA) is 92.3 Å². The maximum atomic E-state index is 12.3. The second-order valence-corrected chi connectivity index (χ2v) is 11.2. The lowest BCUT2D eigenvalue weighted by Crippen LogP contribution is -2.25. The first-order valence-corrected chi connectivity index (χ1v) is 11.2. The molecular weight excluding hydrogens is 424 g/mol. The van der Waals surface area contributed by atoms with Gasteiger partial charge in [0.1, 0.15) is 4.21 Å². The fraction of sp³-hybridized carbons (Fsp3) is 0.231. The number of anilines is 1. The molecule has 3 rings (SSSR count). The summed E-state index contributed by atoms with van der Waals surface area (Å²) in [5.41, 5.74) is 0.202. The number of hydrogen-bond acceptors (Lipinski definition) is 5. The van der Waals surface area contributed by atoms with Crippen molar-refractivity contribution in [3.05, 3.63) is 40.2 Å². The zero-order valence-electron chi connectivity index (χ0n) is 11.7. The maximum Gasteiger partial charge on any atom is 0.271 e. The summed E-state index contributed by atoms with van der Waals surface area (Å²) in [5, 5.41) is 0. The van der Waals surface area contributed by atoms with Crippen LogP contribution in [0.4, 0.5) is 5.69 Å². The molecule has 0 atom stereocenters. The standard InChI is InChI=1S/C13H13BrN2O4S3/c14-12-6-7-13(21-12)23(19,20)16-10-2-1-3-11(8-10)22(17,18)15-9-4-5-9/h1-3,6-9,15-16H,4-5H2. The monoisotopic (exact) mass is 436 g/mol. The van der Waals surface area contributed by atoms with E-state index in [1.807, 2.05) is 0 Å². The highest BCUT2D eigenvalue weighted by molar-refractivity contribution is 9.11. The van der Waals surface area contributed by atoms with Gasteiger partial charge < -0.3 is 0 Å². The van der Waals surface area contributed by atoms with Crippen molar-refractivity contribution in [2.24, 2.45) is 0 Å². The molecule has 2 N–H and O–H groups in total. The summed E-state index contributed by atoms with van der Waals surface area (Å²) in [5.74, 6) is 0. The Hall–Kier alpha value is -0.940. The van der Waals surface area contributed by atoms with Crippen molar-refractivity contribution in [2.45, 2.75) is 28.0 Å². The van der Waals surface area contributed by atoms with E-state index in [9.17, 15) is 16.8 Å². The largest absolute Gasteiger partial charge is 0.279 e. The first-order valence-electron chi connectivity index (χ1n) is 6.67. The molecule has 0 radical (unpaired) electrons. The smallest absolute Gasteiger partial charge is 0.271 e. The van der Waals surface area contributed by atoms with Crippen molar-refractivity contribution in [3.8, 4) is 0 Å². The first kappa shape index (κ1) is 16.9. The van der Waals surface area contributed by atoms with Gasteiger partial charge in [0.15, 0.2) is 0 Å². The van der Waals surface area contributed by atoms with Gasteiger partial charge in [-0.3, -0.25) is 4.72 Å². The number of benzene rings is 1. The van der Waals surface area contributed by atoms with Crippen LogP contribution in [0.25, 0.3) is 0 Å². The Morgan fingerprint density at radius 3 is 2.39 bits per heavy atom. The fourth-order valence-corrected chi connectivity index (χ4v) is 6.27. The van der Waals surface area contributed by atoms with E-state index in [1.165, 1.54) is 30.3 Å². The molecule has 1 aromatic heterocycles. The third kappa shape index (κ3) is 4.13. The predicted molar refractivity (Wildman–Crippen MR) is 92.6 cm³/mol. The second kappa shape index (κ2) is 6.17. The number of sulfonamides is 2. The van der Waals surface area contributed by atoms with Crippen LogP contribution in [0, 0.1) is 0 Å². The summed E-state index contributed by atoms with van der Waals surface area (Å²) in [7, 11) is -7.37. The van der Waals surface area contributed by atoms with Gasteiger partial charge in [-0.25, -0.2) is 21.6 Å². The van der Waals surface area contributed by atoms with Crippen LogP contribution in [-0.2, 0) is 20.0 Å². The summed E-state index contributed by atoms with van der Waals surface area (Å²) in [6.07, 6.45) is 1.66. The van der Waals surface area contributed by atoms with E-state index in [4.69, 9.17) is 0 Å². The molecule has 1 aliphatic carbocycles. The van der Waals surface area contributed by atoms with Crippen molar-refractivity contribution in [1.82, 2.24) is 4.72 Å². The molecule has 6 nitrogen and oxygen atoms in total. The molecule has 1 aromatic carbocycles. The van der Waals surface area contributed by atoms with Gasteiger partial charge in [-0.05, 0) is 59.1 Å². The molecule has 1 fully saturated rings. The van der Waals surface area contributed by atoms with E-state index in [1.54, 1.807) is 6.07 Å². The number of thiophene rings is 1. The summed E-state index contributed by atoms with van der Waals surface area (Å²) < 4.78 is 54.7. The first-order chi connectivity index (χ1) is 10.8. The second-order valence-electron chi connectivity index (χ2n) is 5.09. The SMILES string of the molecule is O=S(=O)(NC1CC1)c1cccc(NS(=O)(=O)c2ccc(Br)s2)c1. The number of rotatable bonds is 6. The van der Waals surface area contributed by atoms with Crippen LogP contribution in [0.5, 0.6) is 0 Å². The molecule has 0 unspecified atom stereocenters. The Bertz CT molecular complexity index is 934. The average molecular weight is 437 g/mol. The summed E-state index contributed by atoms with van der Waals surface area (Å²) in [6.45, 7) is 0. The van der Waals surface area contributed by atoms with Gasteiger partial charge >= 0.3 is 0 Å². The summed E-state index contributed by atoms with van der Waals surface area (Å²) >= 11 is 4.29. The lowest BCUT2D eigenvalue weighted by atomic mass is 10.3. The van der Waals surface area contributed by atoms with Crippen LogP contribution in [0.2, 0.25) is 0 Å². The molecule has 0 bridgehead atoms. The minimum absolute atomic E-state index is 0.0104. The van der Waals surface area contributed by atoms with Gasteiger partial charge in [-0.1, -0.05) is 6.07 Å². The van der Waals surface area contributed by atoms with Crippen molar-refractivity contribution >= 4 is 53.0 Å². The van der Waals surface area contributed by atoms with E-state index in [2.05, 4.69) is 25.4 Å². The highest BCUT2D eigenvalue weighted by Gasteiger charge is 2.28. The predicted octanol–water partition coefficient (Wildman–Crippen LogP) is 2.75. The van der Waals surface area contributed by atoms with Crippen LogP contribution in [0.15, 0.2) is 49.3 Å². The molecule has 1 aliphatic rings. The molecule has 0 spiro atoms. The van der Waals surface area contributed by atoms with Crippen molar-refractivity contribution < 1.29 is 16.8 Å². The molecule has 10 heteroatoms. The van der Waals surface area contributed by atoms with Crippen LogP contribution < -0.4 is 9.44 Å². The lowest BCUT2D eigenvalue weighted by Gasteiger charge is -2.09. The molecule has 124 valence electrons. The fourth-order valence-electron chi connectivity index (χ4n) is 1.86. The summed E-state index contributed by atoms with van der Waals surface area (Å²) in [6, 6.07) is 8.87. The molecule has 0 saturated heterocycles. The van der Waals surface area contributed by atoms with Gasteiger partial charge in [-0.2, -0.15) is 0 Å². The van der Waals surface area contributed by atoms with Crippen LogP contribution in [-0.4, -0.2) is 22.9 Å². The third-order valence-electron chi connectivity index (χ3n) is 3.11. The maximum absolute atomic E-state index is 12.3. The van der Waals surface area contributed by atoms with E-state index in [0.717, 1.165) is 24.2 Å². The Labute approximate surface area is 147 Å². The van der Waals surface area contributed by atoms with Crippen molar-refractivity contribution in [3.63, 3.8) is 0 Å². The number of nitrogens with one attached hydrogen (secondary N) is 2. The quantitative estimate of drug-likeness (QED) is 0.727.